The van der Waals surface area contributed by atoms with Crippen molar-refractivity contribution in [2.24, 2.45) is 17.8 Å². The van der Waals surface area contributed by atoms with Crippen LogP contribution >= 0.6 is 11.6 Å². The average molecular weight is 344 g/mol. The zero-order chi connectivity index (χ0) is 16.9. The minimum atomic E-state index is 0.158. The van der Waals surface area contributed by atoms with Crippen LogP contribution < -0.4 is 5.32 Å². The summed E-state index contributed by atoms with van der Waals surface area (Å²) in [6, 6.07) is 5.67. The van der Waals surface area contributed by atoms with Crippen LogP contribution in [0.4, 0.5) is 5.69 Å². The molecular weight excluding hydrogens is 318 g/mol. The molecule has 24 heavy (non-hydrogen) atoms. The van der Waals surface area contributed by atoms with Gasteiger partial charge in [0.15, 0.2) is 0 Å². The number of rotatable bonds is 2. The second-order valence-electron chi connectivity index (χ2n) is 6.93. The first-order chi connectivity index (χ1) is 11.7. The highest BCUT2D eigenvalue weighted by molar-refractivity contribution is 6.31. The molecule has 0 heterocycles. The predicted molar refractivity (Wildman–Crippen MR) is 101 cm³/mol. The van der Waals surface area contributed by atoms with Gasteiger partial charge in [0.25, 0.3) is 0 Å². The number of hydrogen-bond donors (Lipinski definition) is 1. The van der Waals surface area contributed by atoms with E-state index in [0.717, 1.165) is 49.8 Å². The summed E-state index contributed by atoms with van der Waals surface area (Å²) in [5.41, 5.74) is 1.78. The van der Waals surface area contributed by atoms with Crippen molar-refractivity contribution in [2.45, 2.75) is 45.4 Å². The van der Waals surface area contributed by atoms with E-state index in [1.807, 2.05) is 25.1 Å². The Morgan fingerprint density at radius 2 is 1.58 bits per heavy atom. The van der Waals surface area contributed by atoms with Crippen LogP contribution in [-0.2, 0) is 4.79 Å². The first kappa shape index (κ1) is 17.3. The third-order valence-corrected chi connectivity index (χ3v) is 5.74. The molecule has 0 bridgehead atoms. The normalized spacial score (nSPS) is 29.5. The second kappa shape index (κ2) is 8.02. The molecule has 1 fully saturated rings. The summed E-state index contributed by atoms with van der Waals surface area (Å²) in [6.07, 6.45) is 15.8. The van der Waals surface area contributed by atoms with E-state index in [1.165, 1.54) is 0 Å². The first-order valence-electron chi connectivity index (χ1n) is 9.04. The highest BCUT2D eigenvalue weighted by atomic mass is 35.5. The van der Waals surface area contributed by atoms with Crippen LogP contribution in [-0.4, -0.2) is 5.91 Å². The Morgan fingerprint density at radius 3 is 2.21 bits per heavy atom. The number of amides is 1. The number of fused-ring (bicyclic) bond motifs is 1. The third kappa shape index (κ3) is 4.10. The second-order valence-corrected chi connectivity index (χ2v) is 7.34. The van der Waals surface area contributed by atoms with Gasteiger partial charge in [0.05, 0.1) is 0 Å². The Labute approximate surface area is 150 Å². The molecule has 0 aromatic heterocycles. The molecule has 2 nitrogen and oxygen atoms in total. The van der Waals surface area contributed by atoms with Gasteiger partial charge in [-0.05, 0) is 75.0 Å². The highest BCUT2D eigenvalue weighted by Crippen LogP contribution is 2.52. The lowest BCUT2D eigenvalue weighted by Crippen LogP contribution is -2.16. The number of anilines is 1. The standard InChI is InChI=1S/C21H26ClNO/c1-15-18(22)13-10-14-19(15)23-21(24)20-16-11-8-6-4-2-3-5-7-9-12-17(16)20/h4-7,10,13-14,16-17,20H,2-3,8-9,11-12H2,1H3,(H,23,24)/b6-4-,7-5-/t16-,17-/m0/s1. The Morgan fingerprint density at radius 1 is 1.00 bits per heavy atom. The van der Waals surface area contributed by atoms with E-state index in [-0.39, 0.29) is 11.8 Å². The maximum absolute atomic E-state index is 12.7. The average Bonchev–Trinajstić information content (AvgIpc) is 3.24. The van der Waals surface area contributed by atoms with E-state index in [1.54, 1.807) is 0 Å². The Kier molecular flexibility index (Phi) is 5.78. The number of hydrogen-bond acceptors (Lipinski definition) is 1. The summed E-state index contributed by atoms with van der Waals surface area (Å²) in [7, 11) is 0. The summed E-state index contributed by atoms with van der Waals surface area (Å²) in [5.74, 6) is 1.38. The highest BCUT2D eigenvalue weighted by Gasteiger charge is 2.52. The van der Waals surface area contributed by atoms with Crippen LogP contribution in [0.25, 0.3) is 0 Å². The lowest BCUT2D eigenvalue weighted by atomic mass is 10.1. The smallest absolute Gasteiger partial charge is 0.228 e. The molecular formula is C21H26ClNO. The van der Waals surface area contributed by atoms with E-state index in [2.05, 4.69) is 29.6 Å². The monoisotopic (exact) mass is 343 g/mol. The fourth-order valence-electron chi connectivity index (χ4n) is 3.82. The van der Waals surface area contributed by atoms with E-state index in [0.29, 0.717) is 16.9 Å². The molecule has 1 aromatic carbocycles. The van der Waals surface area contributed by atoms with Crippen molar-refractivity contribution in [3.63, 3.8) is 0 Å². The number of allylic oxidation sites excluding steroid dienone is 4. The van der Waals surface area contributed by atoms with Crippen molar-refractivity contribution in [2.75, 3.05) is 5.32 Å². The summed E-state index contributed by atoms with van der Waals surface area (Å²) in [6.45, 7) is 1.95. The van der Waals surface area contributed by atoms with Crippen molar-refractivity contribution < 1.29 is 4.79 Å². The van der Waals surface area contributed by atoms with Crippen molar-refractivity contribution in [1.29, 1.82) is 0 Å². The molecule has 0 spiro atoms. The number of halogens is 1. The lowest BCUT2D eigenvalue weighted by Gasteiger charge is -2.09. The van der Waals surface area contributed by atoms with Crippen molar-refractivity contribution in [3.05, 3.63) is 53.1 Å². The van der Waals surface area contributed by atoms with E-state index in [9.17, 15) is 4.79 Å². The molecule has 0 aliphatic heterocycles. The molecule has 0 unspecified atom stereocenters. The first-order valence-corrected chi connectivity index (χ1v) is 9.42. The summed E-state index contributed by atoms with van der Waals surface area (Å²) in [5, 5.41) is 3.81. The molecule has 0 saturated heterocycles. The van der Waals surface area contributed by atoms with Crippen LogP contribution in [0.1, 0.15) is 44.1 Å². The van der Waals surface area contributed by atoms with Gasteiger partial charge >= 0.3 is 0 Å². The van der Waals surface area contributed by atoms with Gasteiger partial charge in [0, 0.05) is 16.6 Å². The molecule has 3 rings (SSSR count). The van der Waals surface area contributed by atoms with Gasteiger partial charge in [-0.3, -0.25) is 4.79 Å². The number of carbonyl (C=O) groups is 1. The van der Waals surface area contributed by atoms with E-state index < -0.39 is 0 Å². The van der Waals surface area contributed by atoms with Gasteiger partial charge in [-0.1, -0.05) is 42.0 Å². The number of benzene rings is 1. The molecule has 2 aliphatic carbocycles. The molecule has 1 N–H and O–H groups in total. The summed E-state index contributed by atoms with van der Waals surface area (Å²) >= 11 is 6.16. The zero-order valence-corrected chi connectivity index (χ0v) is 15.1. The molecule has 0 radical (unpaired) electrons. The van der Waals surface area contributed by atoms with Crippen molar-refractivity contribution in [3.8, 4) is 0 Å². The quantitative estimate of drug-likeness (QED) is 0.664. The maximum Gasteiger partial charge on any atom is 0.228 e. The minimum Gasteiger partial charge on any atom is -0.326 e. The van der Waals surface area contributed by atoms with Crippen molar-refractivity contribution >= 4 is 23.2 Å². The molecule has 2 atom stereocenters. The third-order valence-electron chi connectivity index (χ3n) is 5.33. The van der Waals surface area contributed by atoms with Gasteiger partial charge in [-0.2, -0.15) is 0 Å². The molecule has 1 amide bonds. The Bertz CT molecular complexity index is 625. The number of carbonyl (C=O) groups excluding carboxylic acids is 1. The number of nitrogens with one attached hydrogen (secondary N) is 1. The molecule has 1 saturated carbocycles. The fourth-order valence-corrected chi connectivity index (χ4v) is 4.00. The molecule has 128 valence electrons. The van der Waals surface area contributed by atoms with Crippen LogP contribution in [0.5, 0.6) is 0 Å². The Hall–Kier alpha value is -1.54. The van der Waals surface area contributed by atoms with Crippen LogP contribution in [0, 0.1) is 24.7 Å². The van der Waals surface area contributed by atoms with Crippen LogP contribution in [0.2, 0.25) is 5.02 Å². The summed E-state index contributed by atoms with van der Waals surface area (Å²) < 4.78 is 0. The SMILES string of the molecule is Cc1c(Cl)cccc1NC(=O)C1[C@H]2CC/C=C\CC/C=C\CC[C@H]12. The van der Waals surface area contributed by atoms with Gasteiger partial charge < -0.3 is 5.32 Å². The topological polar surface area (TPSA) is 29.1 Å². The van der Waals surface area contributed by atoms with E-state index in [4.69, 9.17) is 11.6 Å². The molecule has 2 aliphatic rings. The van der Waals surface area contributed by atoms with Gasteiger partial charge in [-0.25, -0.2) is 0 Å². The van der Waals surface area contributed by atoms with E-state index >= 15 is 0 Å². The maximum atomic E-state index is 12.7. The lowest BCUT2D eigenvalue weighted by molar-refractivity contribution is -0.117. The van der Waals surface area contributed by atoms with Crippen molar-refractivity contribution in [1.82, 2.24) is 0 Å². The summed E-state index contributed by atoms with van der Waals surface area (Å²) in [4.78, 5) is 12.7. The minimum absolute atomic E-state index is 0.158. The van der Waals surface area contributed by atoms with Gasteiger partial charge in [0.2, 0.25) is 5.91 Å². The van der Waals surface area contributed by atoms with Gasteiger partial charge in [0.1, 0.15) is 0 Å². The molecule has 1 aromatic rings. The predicted octanol–water partition coefficient (Wildman–Crippen LogP) is 5.92. The Balaban J connectivity index is 1.65. The van der Waals surface area contributed by atoms with Gasteiger partial charge in [-0.15, -0.1) is 0 Å². The fraction of sp³-hybridized carbons (Fsp3) is 0.476. The zero-order valence-electron chi connectivity index (χ0n) is 14.3. The van der Waals surface area contributed by atoms with Crippen LogP contribution in [0.3, 0.4) is 0 Å². The van der Waals surface area contributed by atoms with Crippen LogP contribution in [0.15, 0.2) is 42.5 Å². The largest absolute Gasteiger partial charge is 0.326 e. The molecule has 3 heteroatoms.